The number of aromatic nitrogens is 1. The van der Waals surface area contributed by atoms with Gasteiger partial charge in [-0.25, -0.2) is 4.98 Å². The van der Waals surface area contributed by atoms with Crippen LogP contribution in [-0.2, 0) is 0 Å². The second-order valence-corrected chi connectivity index (χ2v) is 6.46. The van der Waals surface area contributed by atoms with Crippen LogP contribution in [0, 0.1) is 0 Å². The number of aromatic hydroxyl groups is 1. The number of hydrogen-bond acceptors (Lipinski definition) is 4. The van der Waals surface area contributed by atoms with Crippen LogP contribution in [0.25, 0.3) is 11.1 Å². The minimum atomic E-state index is 0.257. The summed E-state index contributed by atoms with van der Waals surface area (Å²) in [7, 11) is 1.89. The molecular weight excluding hydrogens is 348 g/mol. The van der Waals surface area contributed by atoms with Crippen LogP contribution in [0.5, 0.6) is 11.6 Å². The average molecular weight is 374 g/mol. The number of hydrogen-bond donors (Lipinski definition) is 2. The lowest BCUT2D eigenvalue weighted by Crippen LogP contribution is -2.16. The van der Waals surface area contributed by atoms with Gasteiger partial charge in [0.1, 0.15) is 12.4 Å². The van der Waals surface area contributed by atoms with E-state index in [1.165, 1.54) is 11.1 Å². The molecule has 0 unspecified atom stereocenters. The molecule has 0 saturated heterocycles. The van der Waals surface area contributed by atoms with E-state index >= 15 is 0 Å². The van der Waals surface area contributed by atoms with Crippen molar-refractivity contribution in [3.05, 3.63) is 89.6 Å². The Kier molecular flexibility index (Phi) is 6.82. The highest BCUT2D eigenvalue weighted by atomic mass is 16.5. The lowest BCUT2D eigenvalue weighted by Gasteiger charge is -2.16. The van der Waals surface area contributed by atoms with Gasteiger partial charge < -0.3 is 15.2 Å². The van der Waals surface area contributed by atoms with E-state index in [1.807, 2.05) is 43.6 Å². The van der Waals surface area contributed by atoms with Crippen LogP contribution in [0.15, 0.2) is 72.9 Å². The Morgan fingerprint density at radius 2 is 1.64 bits per heavy atom. The van der Waals surface area contributed by atoms with E-state index in [4.69, 9.17) is 4.74 Å². The molecule has 0 spiro atoms. The Bertz CT molecular complexity index is 902. The van der Waals surface area contributed by atoms with Crippen molar-refractivity contribution in [2.75, 3.05) is 20.2 Å². The maximum atomic E-state index is 9.71. The molecule has 0 bridgehead atoms. The molecule has 28 heavy (non-hydrogen) atoms. The number of ether oxygens (including phenoxy) is 1. The van der Waals surface area contributed by atoms with Gasteiger partial charge in [-0.05, 0) is 53.9 Å². The molecule has 2 N–H and O–H groups in total. The minimum Gasteiger partial charge on any atom is -0.508 e. The highest BCUT2D eigenvalue weighted by Gasteiger charge is 2.13. The van der Waals surface area contributed by atoms with Crippen molar-refractivity contribution in [3.63, 3.8) is 0 Å². The van der Waals surface area contributed by atoms with Gasteiger partial charge in [0, 0.05) is 24.4 Å². The third kappa shape index (κ3) is 4.78. The number of rotatable bonds is 8. The van der Waals surface area contributed by atoms with Crippen LogP contribution in [0.3, 0.4) is 0 Å². The number of pyridine rings is 1. The standard InChI is InChI=1S/C24H26N2O2/c1-3-22(18-7-5-4-6-8-18)24(19-9-12-21(27)13-10-19)20-11-14-23(26-17-20)28-16-15-25-2/h4-14,17,25,27H,3,15-16H2,1-2H3. The van der Waals surface area contributed by atoms with E-state index < -0.39 is 0 Å². The first kappa shape index (κ1) is 19.6. The van der Waals surface area contributed by atoms with Gasteiger partial charge in [0.2, 0.25) is 5.88 Å². The topological polar surface area (TPSA) is 54.4 Å². The molecule has 0 aliphatic carbocycles. The van der Waals surface area contributed by atoms with Gasteiger partial charge in [-0.2, -0.15) is 0 Å². The van der Waals surface area contributed by atoms with E-state index in [-0.39, 0.29) is 5.75 Å². The largest absolute Gasteiger partial charge is 0.508 e. The smallest absolute Gasteiger partial charge is 0.213 e. The van der Waals surface area contributed by atoms with Crippen molar-refractivity contribution >= 4 is 11.1 Å². The van der Waals surface area contributed by atoms with Crippen molar-refractivity contribution in [2.45, 2.75) is 13.3 Å². The molecule has 3 aromatic rings. The van der Waals surface area contributed by atoms with Crippen LogP contribution >= 0.6 is 0 Å². The van der Waals surface area contributed by atoms with Gasteiger partial charge in [0.15, 0.2) is 0 Å². The number of allylic oxidation sites excluding steroid dienone is 1. The van der Waals surface area contributed by atoms with E-state index in [0.717, 1.165) is 29.7 Å². The molecule has 1 aromatic heterocycles. The Balaban J connectivity index is 2.06. The normalized spacial score (nSPS) is 11.8. The Hall–Kier alpha value is -3.11. The van der Waals surface area contributed by atoms with Crippen LogP contribution < -0.4 is 10.1 Å². The second kappa shape index (κ2) is 9.72. The van der Waals surface area contributed by atoms with E-state index in [9.17, 15) is 5.11 Å². The number of phenolic OH excluding ortho intramolecular Hbond substituents is 1. The average Bonchev–Trinajstić information content (AvgIpc) is 2.74. The van der Waals surface area contributed by atoms with Gasteiger partial charge in [-0.15, -0.1) is 0 Å². The number of nitrogens with zero attached hydrogens (tertiary/aromatic N) is 1. The minimum absolute atomic E-state index is 0.257. The summed E-state index contributed by atoms with van der Waals surface area (Å²) in [6.45, 7) is 3.51. The SMILES string of the molecule is CCC(=C(c1ccc(O)cc1)c1ccc(OCCNC)nc1)c1ccccc1. The number of phenols is 1. The monoisotopic (exact) mass is 374 g/mol. The van der Waals surface area contributed by atoms with Crippen LogP contribution in [-0.4, -0.2) is 30.3 Å². The molecule has 4 nitrogen and oxygen atoms in total. The summed E-state index contributed by atoms with van der Waals surface area (Å²) in [5, 5.41) is 12.8. The summed E-state index contributed by atoms with van der Waals surface area (Å²) >= 11 is 0. The van der Waals surface area contributed by atoms with Gasteiger partial charge >= 0.3 is 0 Å². The second-order valence-electron chi connectivity index (χ2n) is 6.46. The van der Waals surface area contributed by atoms with Gasteiger partial charge in [-0.3, -0.25) is 0 Å². The van der Waals surface area contributed by atoms with Gasteiger partial charge in [0.05, 0.1) is 0 Å². The Morgan fingerprint density at radius 3 is 2.25 bits per heavy atom. The molecule has 144 valence electrons. The van der Waals surface area contributed by atoms with Crippen LogP contribution in [0.2, 0.25) is 0 Å². The summed E-state index contributed by atoms with van der Waals surface area (Å²) in [4.78, 5) is 4.49. The van der Waals surface area contributed by atoms with Gasteiger partial charge in [0.25, 0.3) is 0 Å². The number of nitrogens with one attached hydrogen (secondary N) is 1. The summed E-state index contributed by atoms with van der Waals surface area (Å²) < 4.78 is 5.65. The molecular formula is C24H26N2O2. The first-order valence-corrected chi connectivity index (χ1v) is 9.54. The highest BCUT2D eigenvalue weighted by Crippen LogP contribution is 2.35. The Labute approximate surface area is 166 Å². The fourth-order valence-corrected chi connectivity index (χ4v) is 3.18. The number of benzene rings is 2. The van der Waals surface area contributed by atoms with E-state index in [2.05, 4.69) is 41.5 Å². The molecule has 0 saturated carbocycles. The predicted octanol–water partition coefficient (Wildman–Crippen LogP) is 4.75. The highest BCUT2D eigenvalue weighted by molar-refractivity contribution is 5.98. The quantitative estimate of drug-likeness (QED) is 0.441. The molecule has 2 aromatic carbocycles. The maximum absolute atomic E-state index is 9.71. The van der Waals surface area contributed by atoms with Crippen molar-refractivity contribution in [1.29, 1.82) is 0 Å². The van der Waals surface area contributed by atoms with Crippen molar-refractivity contribution in [2.24, 2.45) is 0 Å². The van der Waals surface area contributed by atoms with E-state index in [1.54, 1.807) is 12.1 Å². The fourth-order valence-electron chi connectivity index (χ4n) is 3.18. The molecule has 0 fully saturated rings. The third-order valence-corrected chi connectivity index (χ3v) is 4.56. The number of likely N-dealkylation sites (N-methyl/N-ethyl adjacent to an activating group) is 1. The van der Waals surface area contributed by atoms with Crippen molar-refractivity contribution < 1.29 is 9.84 Å². The third-order valence-electron chi connectivity index (χ3n) is 4.56. The molecule has 0 aliphatic rings. The summed E-state index contributed by atoms with van der Waals surface area (Å²) in [5.41, 5.74) is 5.60. The first-order chi connectivity index (χ1) is 13.7. The summed E-state index contributed by atoms with van der Waals surface area (Å²) in [6, 6.07) is 21.7. The maximum Gasteiger partial charge on any atom is 0.213 e. The van der Waals surface area contributed by atoms with Crippen molar-refractivity contribution in [1.82, 2.24) is 10.3 Å². The Morgan fingerprint density at radius 1 is 0.929 bits per heavy atom. The molecule has 0 amide bonds. The first-order valence-electron chi connectivity index (χ1n) is 9.54. The summed E-state index contributed by atoms with van der Waals surface area (Å²) in [6.07, 6.45) is 2.73. The fraction of sp³-hybridized carbons (Fsp3) is 0.208. The molecule has 3 rings (SSSR count). The lowest BCUT2D eigenvalue weighted by molar-refractivity contribution is 0.306. The molecule has 0 aliphatic heterocycles. The van der Waals surface area contributed by atoms with Gasteiger partial charge in [-0.1, -0.05) is 49.4 Å². The van der Waals surface area contributed by atoms with Crippen LogP contribution in [0.1, 0.15) is 30.0 Å². The molecule has 0 atom stereocenters. The van der Waals surface area contributed by atoms with Crippen LogP contribution in [0.4, 0.5) is 0 Å². The molecule has 0 radical (unpaired) electrons. The predicted molar refractivity (Wildman–Crippen MR) is 114 cm³/mol. The van der Waals surface area contributed by atoms with Crippen molar-refractivity contribution in [3.8, 4) is 11.6 Å². The van der Waals surface area contributed by atoms with E-state index in [0.29, 0.717) is 12.5 Å². The zero-order chi connectivity index (χ0) is 19.8. The zero-order valence-electron chi connectivity index (χ0n) is 16.4. The molecule has 1 heterocycles. The lowest BCUT2D eigenvalue weighted by atomic mass is 9.89. The summed E-state index contributed by atoms with van der Waals surface area (Å²) in [5.74, 6) is 0.870. The zero-order valence-corrected chi connectivity index (χ0v) is 16.4. The molecule has 4 heteroatoms.